The molecule has 0 aromatic heterocycles. The Morgan fingerprint density at radius 1 is 1.24 bits per heavy atom. The Morgan fingerprint density at radius 2 is 1.76 bits per heavy atom. The minimum absolute atomic E-state index is 0.00556. The predicted molar refractivity (Wildman–Crippen MR) is 75.7 cm³/mol. The first-order valence-electron chi connectivity index (χ1n) is 6.71. The maximum absolute atomic E-state index is 12.4. The zero-order valence-corrected chi connectivity index (χ0v) is 13.1. The van der Waals surface area contributed by atoms with Crippen LogP contribution in [0.4, 0.5) is 23.7 Å². The molecule has 0 spiro atoms. The van der Waals surface area contributed by atoms with Crippen molar-refractivity contribution in [3.05, 3.63) is 33.4 Å². The SMILES string of the molecule is O=C(O)N1CCc2cc(OS(=O)(=O)C(F)(F)F)c([N+](=O)[O-])cc2CC1. The van der Waals surface area contributed by atoms with E-state index in [1.807, 2.05) is 0 Å². The second kappa shape index (κ2) is 6.38. The zero-order valence-electron chi connectivity index (χ0n) is 12.3. The van der Waals surface area contributed by atoms with Gasteiger partial charge in [0.15, 0.2) is 0 Å². The summed E-state index contributed by atoms with van der Waals surface area (Å²) in [6.45, 7) is 0.0478. The molecule has 0 fully saturated rings. The second-order valence-corrected chi connectivity index (χ2v) is 6.64. The molecule has 1 N–H and O–H groups in total. The van der Waals surface area contributed by atoms with Crippen molar-refractivity contribution in [1.29, 1.82) is 0 Å². The van der Waals surface area contributed by atoms with Crippen molar-refractivity contribution >= 4 is 21.9 Å². The number of nitro groups is 1. The summed E-state index contributed by atoms with van der Waals surface area (Å²) >= 11 is 0. The molecule has 138 valence electrons. The van der Waals surface area contributed by atoms with Gasteiger partial charge in [0.1, 0.15) is 0 Å². The minimum atomic E-state index is -6.08. The van der Waals surface area contributed by atoms with E-state index in [2.05, 4.69) is 4.18 Å². The molecule has 0 atom stereocenters. The fourth-order valence-electron chi connectivity index (χ4n) is 2.31. The molecule has 0 unspecified atom stereocenters. The van der Waals surface area contributed by atoms with Crippen LogP contribution in [0.5, 0.6) is 5.75 Å². The third-order valence-corrected chi connectivity index (χ3v) is 4.50. The van der Waals surface area contributed by atoms with Crippen molar-refractivity contribution in [3.63, 3.8) is 0 Å². The van der Waals surface area contributed by atoms with Crippen LogP contribution in [0, 0.1) is 10.1 Å². The van der Waals surface area contributed by atoms with Crippen molar-refractivity contribution in [2.45, 2.75) is 18.3 Å². The van der Waals surface area contributed by atoms with Gasteiger partial charge in [0.05, 0.1) is 4.92 Å². The molecule has 0 aliphatic carbocycles. The fraction of sp³-hybridized carbons (Fsp3) is 0.417. The van der Waals surface area contributed by atoms with Gasteiger partial charge in [-0.3, -0.25) is 10.1 Å². The molecule has 1 aromatic carbocycles. The largest absolute Gasteiger partial charge is 0.534 e. The average molecular weight is 384 g/mol. The number of amides is 1. The first-order chi connectivity index (χ1) is 11.4. The lowest BCUT2D eigenvalue weighted by Gasteiger charge is -2.14. The Kier molecular flexibility index (Phi) is 4.79. The highest BCUT2D eigenvalue weighted by Crippen LogP contribution is 2.36. The summed E-state index contributed by atoms with van der Waals surface area (Å²) in [6.07, 6.45) is -1.07. The maximum Gasteiger partial charge on any atom is 0.534 e. The molecule has 1 aliphatic heterocycles. The van der Waals surface area contributed by atoms with Gasteiger partial charge in [-0.25, -0.2) is 4.79 Å². The van der Waals surface area contributed by atoms with Crippen LogP contribution in [0.3, 0.4) is 0 Å². The molecule has 1 aliphatic rings. The number of hydrogen-bond donors (Lipinski definition) is 1. The van der Waals surface area contributed by atoms with Gasteiger partial charge in [-0.2, -0.15) is 21.6 Å². The van der Waals surface area contributed by atoms with E-state index in [0.29, 0.717) is 5.56 Å². The summed E-state index contributed by atoms with van der Waals surface area (Å²) in [6, 6.07) is 1.74. The van der Waals surface area contributed by atoms with Gasteiger partial charge >= 0.3 is 27.4 Å². The van der Waals surface area contributed by atoms with Gasteiger partial charge in [-0.05, 0) is 30.0 Å². The van der Waals surface area contributed by atoms with E-state index in [1.165, 1.54) is 0 Å². The predicted octanol–water partition coefficient (Wildman–Crippen LogP) is 1.90. The highest BCUT2D eigenvalue weighted by atomic mass is 32.2. The quantitative estimate of drug-likeness (QED) is 0.365. The molecule has 9 nitrogen and oxygen atoms in total. The van der Waals surface area contributed by atoms with Gasteiger partial charge in [0, 0.05) is 19.2 Å². The van der Waals surface area contributed by atoms with Gasteiger partial charge in [-0.15, -0.1) is 0 Å². The lowest BCUT2D eigenvalue weighted by atomic mass is 10.0. The third-order valence-electron chi connectivity index (χ3n) is 3.53. The number of benzene rings is 1. The summed E-state index contributed by atoms with van der Waals surface area (Å²) in [4.78, 5) is 22.0. The van der Waals surface area contributed by atoms with Crippen molar-refractivity contribution in [3.8, 4) is 5.75 Å². The molecule has 1 aromatic rings. The lowest BCUT2D eigenvalue weighted by Crippen LogP contribution is -2.31. The molecular weight excluding hydrogens is 373 g/mol. The van der Waals surface area contributed by atoms with E-state index in [4.69, 9.17) is 5.11 Å². The molecular formula is C12H11F3N2O7S. The van der Waals surface area contributed by atoms with Crippen LogP contribution in [0.25, 0.3) is 0 Å². The van der Waals surface area contributed by atoms with Crippen LogP contribution in [0.1, 0.15) is 11.1 Å². The topological polar surface area (TPSA) is 127 Å². The number of halogens is 3. The number of hydrogen-bond acceptors (Lipinski definition) is 6. The molecule has 0 saturated carbocycles. The van der Waals surface area contributed by atoms with Crippen LogP contribution in [-0.2, 0) is 23.0 Å². The van der Waals surface area contributed by atoms with E-state index in [0.717, 1.165) is 17.0 Å². The van der Waals surface area contributed by atoms with Crippen LogP contribution < -0.4 is 4.18 Å². The van der Waals surface area contributed by atoms with Crippen molar-refractivity contribution in [2.24, 2.45) is 0 Å². The van der Waals surface area contributed by atoms with Gasteiger partial charge in [0.2, 0.25) is 5.75 Å². The Morgan fingerprint density at radius 3 is 2.20 bits per heavy atom. The summed E-state index contributed by atoms with van der Waals surface area (Å²) in [5.41, 5.74) is -6.07. The molecule has 0 saturated heterocycles. The molecule has 1 amide bonds. The third kappa shape index (κ3) is 3.92. The van der Waals surface area contributed by atoms with Crippen molar-refractivity contribution in [1.82, 2.24) is 4.90 Å². The van der Waals surface area contributed by atoms with Crippen LogP contribution in [-0.4, -0.2) is 48.0 Å². The Labute approximate surface area is 138 Å². The minimum Gasteiger partial charge on any atom is -0.465 e. The molecule has 2 rings (SSSR count). The fourth-order valence-corrected chi connectivity index (χ4v) is 2.77. The van der Waals surface area contributed by atoms with E-state index < -0.39 is 38.1 Å². The molecule has 0 bridgehead atoms. The Balaban J connectivity index is 2.46. The Hall–Kier alpha value is -2.57. The second-order valence-electron chi connectivity index (χ2n) is 5.10. The number of nitro benzene ring substituents is 1. The first-order valence-corrected chi connectivity index (χ1v) is 8.12. The van der Waals surface area contributed by atoms with Gasteiger partial charge < -0.3 is 14.2 Å². The molecule has 0 radical (unpaired) electrons. The smallest absolute Gasteiger partial charge is 0.465 e. The van der Waals surface area contributed by atoms with E-state index >= 15 is 0 Å². The van der Waals surface area contributed by atoms with Gasteiger partial charge in [0.25, 0.3) is 0 Å². The number of carbonyl (C=O) groups is 1. The summed E-state index contributed by atoms with van der Waals surface area (Å²) < 4.78 is 63.5. The highest BCUT2D eigenvalue weighted by Gasteiger charge is 2.49. The van der Waals surface area contributed by atoms with E-state index in [1.54, 1.807) is 0 Å². The number of nitrogens with zero attached hydrogens (tertiary/aromatic N) is 2. The molecule has 1 heterocycles. The summed E-state index contributed by atoms with van der Waals surface area (Å²) in [5, 5.41) is 20.0. The number of carboxylic acid groups (broad SMARTS) is 1. The normalized spacial score (nSPS) is 15.2. The first kappa shape index (κ1) is 18.8. The standard InChI is InChI=1S/C12H11F3N2O7S/c13-12(14,15)25(22,23)24-10-6-8-2-4-16(11(18)19)3-1-7(8)5-9(10)17(20)21/h5-6H,1-4H2,(H,18,19). The molecule has 25 heavy (non-hydrogen) atoms. The summed E-state index contributed by atoms with van der Waals surface area (Å²) in [7, 11) is -6.08. The Bertz CT molecular complexity index is 823. The number of rotatable bonds is 3. The van der Waals surface area contributed by atoms with Crippen molar-refractivity contribution in [2.75, 3.05) is 13.1 Å². The van der Waals surface area contributed by atoms with Crippen molar-refractivity contribution < 1.29 is 40.6 Å². The molecule has 13 heteroatoms. The highest BCUT2D eigenvalue weighted by molar-refractivity contribution is 7.88. The lowest BCUT2D eigenvalue weighted by molar-refractivity contribution is -0.385. The van der Waals surface area contributed by atoms with Crippen LogP contribution in [0.15, 0.2) is 12.1 Å². The van der Waals surface area contributed by atoms with Crippen LogP contribution in [0.2, 0.25) is 0 Å². The van der Waals surface area contributed by atoms with E-state index in [-0.39, 0.29) is 31.5 Å². The summed E-state index contributed by atoms with van der Waals surface area (Å²) in [5.74, 6) is -1.06. The monoisotopic (exact) mass is 384 g/mol. The average Bonchev–Trinajstić information content (AvgIpc) is 2.66. The van der Waals surface area contributed by atoms with E-state index in [9.17, 15) is 36.5 Å². The number of fused-ring (bicyclic) bond motifs is 1. The van der Waals surface area contributed by atoms with Crippen LogP contribution >= 0.6 is 0 Å². The van der Waals surface area contributed by atoms with Gasteiger partial charge in [-0.1, -0.05) is 0 Å². The number of alkyl halides is 3. The maximum atomic E-state index is 12.4. The zero-order chi connectivity index (χ0) is 19.0.